The predicted octanol–water partition coefficient (Wildman–Crippen LogP) is 5.98. The van der Waals surface area contributed by atoms with Crippen molar-refractivity contribution in [3.8, 4) is 0 Å². The minimum atomic E-state index is -0.325. The normalized spacial score (nSPS) is 12.4. The van der Waals surface area contributed by atoms with Crippen LogP contribution in [0.2, 0.25) is 5.02 Å². The maximum absolute atomic E-state index is 12.5. The molecule has 0 spiro atoms. The van der Waals surface area contributed by atoms with Crippen molar-refractivity contribution >= 4 is 39.8 Å². The fraction of sp³-hybridized carbons (Fsp3) is 0.273. The number of hydrogen-bond donors (Lipinski definition) is 3. The smallest absolute Gasteiger partial charge is 0.322 e. The van der Waals surface area contributed by atoms with Crippen molar-refractivity contribution in [3.63, 3.8) is 0 Å². The van der Waals surface area contributed by atoms with Gasteiger partial charge in [0.05, 0.1) is 11.7 Å². The van der Waals surface area contributed by atoms with E-state index < -0.39 is 0 Å². The summed E-state index contributed by atoms with van der Waals surface area (Å²) < 4.78 is 0. The van der Waals surface area contributed by atoms with Crippen molar-refractivity contribution in [3.05, 3.63) is 75.8 Å². The number of benzene rings is 2. The number of nitrogens with two attached hydrogens (primary N) is 1. The Bertz CT molecular complexity index is 979. The summed E-state index contributed by atoms with van der Waals surface area (Å²) in [6.45, 7) is 6.34. The van der Waals surface area contributed by atoms with Crippen LogP contribution in [0.25, 0.3) is 0 Å². The summed E-state index contributed by atoms with van der Waals surface area (Å²) in [5, 5.41) is 8.80. The molecule has 2 aromatic carbocycles. The van der Waals surface area contributed by atoms with E-state index in [-0.39, 0.29) is 17.5 Å². The average molecular weight is 429 g/mol. The number of nitrogens with one attached hydrogen (secondary N) is 2. The lowest BCUT2D eigenvalue weighted by Gasteiger charge is -2.22. The second-order valence-corrected chi connectivity index (χ2v) is 9.18. The number of hydrogen-bond acceptors (Lipinski definition) is 4. The molecule has 7 heteroatoms. The van der Waals surface area contributed by atoms with Crippen LogP contribution in [0.3, 0.4) is 0 Å². The molecule has 0 saturated carbocycles. The summed E-state index contributed by atoms with van der Waals surface area (Å²) in [5.41, 5.74) is 9.89. The highest BCUT2D eigenvalue weighted by molar-refractivity contribution is 7.14. The average Bonchev–Trinajstić information content (AvgIpc) is 3.11. The van der Waals surface area contributed by atoms with Gasteiger partial charge in [0.2, 0.25) is 0 Å². The molecule has 4 N–H and O–H groups in total. The van der Waals surface area contributed by atoms with E-state index in [1.165, 1.54) is 11.3 Å². The number of thiazole rings is 1. The first-order valence-corrected chi connectivity index (χ1v) is 10.6. The molecule has 0 radical (unpaired) electrons. The molecule has 0 aliphatic rings. The molecule has 0 fully saturated rings. The lowest BCUT2D eigenvalue weighted by atomic mass is 9.86. The van der Waals surface area contributed by atoms with Crippen molar-refractivity contribution in [2.45, 2.75) is 38.6 Å². The Hall–Kier alpha value is -2.41. The van der Waals surface area contributed by atoms with Crippen molar-refractivity contribution in [2.75, 3.05) is 10.6 Å². The van der Waals surface area contributed by atoms with Crippen LogP contribution in [-0.2, 0) is 11.8 Å². The number of halogens is 1. The van der Waals surface area contributed by atoms with Gasteiger partial charge in [0.1, 0.15) is 0 Å². The number of anilines is 2. The maximum Gasteiger partial charge on any atom is 0.325 e. The third-order valence-corrected chi connectivity index (χ3v) is 5.50. The van der Waals surface area contributed by atoms with Crippen LogP contribution in [0, 0.1) is 0 Å². The molecule has 1 atom stereocenters. The summed E-state index contributed by atoms with van der Waals surface area (Å²) >= 11 is 7.28. The standard InChI is InChI=1S/C22H25ClN4OS/c1-22(2,3)16-6-4-5-7-18(16)25-20(28)27-21-26-19(13-29-21)17(24)12-14-8-10-15(23)11-9-14/h4-11,13,17H,12,24H2,1-3H3,(H2,25,26,27,28). The van der Waals surface area contributed by atoms with Crippen molar-refractivity contribution < 1.29 is 4.79 Å². The fourth-order valence-corrected chi connectivity index (χ4v) is 3.89. The molecule has 1 heterocycles. The number of carbonyl (C=O) groups is 1. The highest BCUT2D eigenvalue weighted by Gasteiger charge is 2.19. The van der Waals surface area contributed by atoms with Crippen LogP contribution < -0.4 is 16.4 Å². The van der Waals surface area contributed by atoms with Crippen LogP contribution in [0.1, 0.15) is 43.6 Å². The van der Waals surface area contributed by atoms with Gasteiger partial charge in [0, 0.05) is 16.1 Å². The monoisotopic (exact) mass is 428 g/mol. The first-order valence-electron chi connectivity index (χ1n) is 9.35. The maximum atomic E-state index is 12.5. The van der Waals surface area contributed by atoms with E-state index in [0.29, 0.717) is 16.6 Å². The van der Waals surface area contributed by atoms with Gasteiger partial charge >= 0.3 is 6.03 Å². The molecule has 5 nitrogen and oxygen atoms in total. The molecule has 1 aromatic heterocycles. The number of amides is 2. The number of carbonyl (C=O) groups excluding carboxylic acids is 1. The summed E-state index contributed by atoms with van der Waals surface area (Å²) in [6, 6.07) is 14.8. The molecule has 29 heavy (non-hydrogen) atoms. The molecule has 152 valence electrons. The predicted molar refractivity (Wildman–Crippen MR) is 122 cm³/mol. The minimum Gasteiger partial charge on any atom is -0.322 e. The first kappa shape index (κ1) is 21.3. The summed E-state index contributed by atoms with van der Waals surface area (Å²) in [6.07, 6.45) is 0.644. The van der Waals surface area contributed by atoms with Crippen LogP contribution in [0.15, 0.2) is 53.9 Å². The van der Waals surface area contributed by atoms with Gasteiger partial charge in [-0.1, -0.05) is 62.7 Å². The second-order valence-electron chi connectivity index (χ2n) is 7.89. The first-order chi connectivity index (χ1) is 13.7. The lowest BCUT2D eigenvalue weighted by Crippen LogP contribution is -2.23. The fourth-order valence-electron chi connectivity index (χ4n) is 2.99. The Morgan fingerprint density at radius 1 is 1.14 bits per heavy atom. The Kier molecular flexibility index (Phi) is 6.57. The topological polar surface area (TPSA) is 80.0 Å². The van der Waals surface area contributed by atoms with Crippen LogP contribution in [0.4, 0.5) is 15.6 Å². The third kappa shape index (κ3) is 5.79. The van der Waals surface area contributed by atoms with E-state index in [9.17, 15) is 4.79 Å². The number of nitrogens with zero attached hydrogens (tertiary/aromatic N) is 1. The van der Waals surface area contributed by atoms with E-state index in [1.54, 1.807) is 0 Å². The molecule has 2 amide bonds. The van der Waals surface area contributed by atoms with Gasteiger partial charge in [-0.25, -0.2) is 9.78 Å². The number of para-hydroxylation sites is 1. The van der Waals surface area contributed by atoms with Crippen LogP contribution in [-0.4, -0.2) is 11.0 Å². The Morgan fingerprint density at radius 3 is 2.52 bits per heavy atom. The number of aromatic nitrogens is 1. The van der Waals surface area contributed by atoms with Crippen molar-refractivity contribution in [1.29, 1.82) is 0 Å². The number of rotatable bonds is 5. The van der Waals surface area contributed by atoms with Gasteiger partial charge in [-0.3, -0.25) is 5.32 Å². The van der Waals surface area contributed by atoms with Gasteiger partial charge < -0.3 is 11.1 Å². The van der Waals surface area contributed by atoms with E-state index in [4.69, 9.17) is 17.3 Å². The van der Waals surface area contributed by atoms with Gasteiger partial charge in [0.15, 0.2) is 5.13 Å². The summed E-state index contributed by atoms with van der Waals surface area (Å²) in [4.78, 5) is 16.9. The molecule has 1 unspecified atom stereocenters. The molecule has 0 bridgehead atoms. The van der Waals surface area contributed by atoms with E-state index in [2.05, 4.69) is 36.4 Å². The van der Waals surface area contributed by atoms with Crippen molar-refractivity contribution in [1.82, 2.24) is 4.98 Å². The SMILES string of the molecule is CC(C)(C)c1ccccc1NC(=O)Nc1nc(C(N)Cc2ccc(Cl)cc2)cs1. The molecule has 3 aromatic rings. The zero-order valence-corrected chi connectivity index (χ0v) is 18.3. The van der Waals surface area contributed by atoms with Crippen molar-refractivity contribution in [2.24, 2.45) is 5.73 Å². The van der Waals surface area contributed by atoms with Gasteiger partial charge in [-0.2, -0.15) is 0 Å². The quantitative estimate of drug-likeness (QED) is 0.467. The largest absolute Gasteiger partial charge is 0.325 e. The Labute approximate surface area is 180 Å². The third-order valence-electron chi connectivity index (χ3n) is 4.47. The van der Waals surface area contributed by atoms with Gasteiger partial charge in [0.25, 0.3) is 0 Å². The highest BCUT2D eigenvalue weighted by atomic mass is 35.5. The van der Waals surface area contributed by atoms with Gasteiger partial charge in [-0.05, 0) is 41.2 Å². The molecule has 0 saturated heterocycles. The molecule has 3 rings (SSSR count). The zero-order chi connectivity index (χ0) is 21.0. The minimum absolute atomic E-state index is 0.0767. The summed E-state index contributed by atoms with van der Waals surface area (Å²) in [7, 11) is 0. The number of urea groups is 1. The zero-order valence-electron chi connectivity index (χ0n) is 16.7. The van der Waals surface area contributed by atoms with E-state index in [1.807, 2.05) is 53.9 Å². The van der Waals surface area contributed by atoms with Gasteiger partial charge in [-0.15, -0.1) is 11.3 Å². The van der Waals surface area contributed by atoms with Crippen LogP contribution >= 0.6 is 22.9 Å². The molecular weight excluding hydrogens is 404 g/mol. The lowest BCUT2D eigenvalue weighted by molar-refractivity contribution is 0.262. The molecule has 0 aliphatic heterocycles. The molecular formula is C22H25ClN4OS. The Morgan fingerprint density at radius 2 is 1.83 bits per heavy atom. The molecule has 0 aliphatic carbocycles. The highest BCUT2D eigenvalue weighted by Crippen LogP contribution is 2.29. The van der Waals surface area contributed by atoms with Crippen LogP contribution in [0.5, 0.6) is 0 Å². The Balaban J connectivity index is 1.63. The summed E-state index contributed by atoms with van der Waals surface area (Å²) in [5.74, 6) is 0. The van der Waals surface area contributed by atoms with E-state index >= 15 is 0 Å². The second kappa shape index (κ2) is 8.95. The van der Waals surface area contributed by atoms with E-state index in [0.717, 1.165) is 22.5 Å².